The zero-order valence-electron chi connectivity index (χ0n) is 19.9. The Hall–Kier alpha value is -2.85. The highest BCUT2D eigenvalue weighted by molar-refractivity contribution is 7.18. The molecule has 1 aromatic carbocycles. The average Bonchev–Trinajstić information content (AvgIpc) is 3.41. The van der Waals surface area contributed by atoms with Gasteiger partial charge in [-0.25, -0.2) is 23.5 Å². The van der Waals surface area contributed by atoms with Gasteiger partial charge in [0.05, 0.1) is 33.3 Å². The van der Waals surface area contributed by atoms with E-state index >= 15 is 0 Å². The number of pyridine rings is 1. The van der Waals surface area contributed by atoms with Crippen molar-refractivity contribution in [2.45, 2.75) is 58.1 Å². The van der Waals surface area contributed by atoms with Crippen molar-refractivity contribution in [1.29, 1.82) is 0 Å². The lowest BCUT2D eigenvalue weighted by molar-refractivity contribution is 0.00911. The van der Waals surface area contributed by atoms with Gasteiger partial charge < -0.3 is 15.0 Å². The Kier molecular flexibility index (Phi) is 6.13. The molecule has 1 aliphatic heterocycles. The van der Waals surface area contributed by atoms with Crippen LogP contribution in [-0.4, -0.2) is 39.1 Å². The van der Waals surface area contributed by atoms with E-state index in [2.05, 4.69) is 15.3 Å². The van der Waals surface area contributed by atoms with Crippen molar-refractivity contribution in [2.24, 2.45) is 0 Å². The zero-order valence-corrected chi connectivity index (χ0v) is 21.5. The summed E-state index contributed by atoms with van der Waals surface area (Å²) in [5.74, 6) is -0.975. The highest BCUT2D eigenvalue weighted by atomic mass is 32.1. The van der Waals surface area contributed by atoms with E-state index in [1.54, 1.807) is 16.5 Å². The van der Waals surface area contributed by atoms with Gasteiger partial charge in [-0.2, -0.15) is 0 Å². The number of amides is 1. The first-order valence-corrected chi connectivity index (χ1v) is 13.2. The molecule has 1 saturated heterocycles. The van der Waals surface area contributed by atoms with Gasteiger partial charge in [-0.05, 0) is 58.7 Å². The van der Waals surface area contributed by atoms with Crippen LogP contribution in [0.25, 0.3) is 20.4 Å². The second-order valence-electron chi connectivity index (χ2n) is 9.79. The fraction of sp³-hybridized carbons (Fsp3) is 0.400. The number of likely N-dealkylation sites (tertiary alicyclic amines) is 1. The SMILES string of the molecule is CC1C(c2cc3c(Nc4cc5ncsc5cc4F)c(F)cnc3s2)CCCN1C(=O)OC(C)(C)C. The van der Waals surface area contributed by atoms with Crippen LogP contribution >= 0.6 is 22.7 Å². The van der Waals surface area contributed by atoms with Gasteiger partial charge in [0.1, 0.15) is 16.2 Å². The summed E-state index contributed by atoms with van der Waals surface area (Å²) in [4.78, 5) is 24.7. The zero-order chi connectivity index (χ0) is 24.9. The molecule has 4 aromatic rings. The summed E-state index contributed by atoms with van der Waals surface area (Å²) in [5, 5.41) is 3.53. The number of nitrogens with zero attached hydrogens (tertiary/aromatic N) is 3. The van der Waals surface area contributed by atoms with E-state index in [1.807, 2.05) is 33.8 Å². The largest absolute Gasteiger partial charge is 0.444 e. The molecule has 6 nitrogen and oxygen atoms in total. The van der Waals surface area contributed by atoms with E-state index < -0.39 is 17.2 Å². The number of benzene rings is 1. The van der Waals surface area contributed by atoms with Crippen molar-refractivity contribution in [1.82, 2.24) is 14.9 Å². The lowest BCUT2D eigenvalue weighted by Crippen LogP contribution is -2.47. The van der Waals surface area contributed by atoms with Crippen LogP contribution < -0.4 is 5.32 Å². The van der Waals surface area contributed by atoms with Gasteiger partial charge in [0.25, 0.3) is 0 Å². The fourth-order valence-electron chi connectivity index (χ4n) is 4.50. The number of carbonyl (C=O) groups excluding carboxylic acids is 1. The summed E-state index contributed by atoms with van der Waals surface area (Å²) in [6.45, 7) is 8.21. The van der Waals surface area contributed by atoms with Crippen molar-refractivity contribution in [3.63, 3.8) is 0 Å². The molecule has 1 N–H and O–H groups in total. The number of ether oxygens (including phenoxy) is 1. The van der Waals surface area contributed by atoms with Crippen LogP contribution in [0.15, 0.2) is 29.9 Å². The number of aromatic nitrogens is 2. The lowest BCUT2D eigenvalue weighted by Gasteiger charge is -2.39. The predicted octanol–water partition coefficient (Wildman–Crippen LogP) is 7.43. The van der Waals surface area contributed by atoms with Crippen molar-refractivity contribution in [3.8, 4) is 0 Å². The number of hydrogen-bond donors (Lipinski definition) is 1. The molecule has 1 aliphatic rings. The summed E-state index contributed by atoms with van der Waals surface area (Å²) in [5.41, 5.74) is 2.06. The molecule has 4 heterocycles. The monoisotopic (exact) mass is 516 g/mol. The standard InChI is InChI=1S/C25H26F2N4O2S2/c1-13-14(6-5-7-31(13)24(32)33-25(2,3)4)20-8-15-22(17(27)11-28-23(15)35-20)30-18-10-19-21(9-16(18)26)34-12-29-19/h8-14H,5-7H2,1-4H3,(H,28,30). The number of carbonyl (C=O) groups is 1. The number of hydrogen-bond acceptors (Lipinski definition) is 7. The molecule has 3 aromatic heterocycles. The number of halogens is 2. The number of rotatable bonds is 3. The third-order valence-corrected chi connectivity index (χ3v) is 8.16. The first kappa shape index (κ1) is 23.9. The highest BCUT2D eigenvalue weighted by Gasteiger charge is 2.35. The molecule has 5 rings (SSSR count). The van der Waals surface area contributed by atoms with Crippen LogP contribution in [0.2, 0.25) is 0 Å². The van der Waals surface area contributed by atoms with Crippen molar-refractivity contribution >= 4 is 60.6 Å². The minimum absolute atomic E-state index is 0.0643. The van der Waals surface area contributed by atoms with E-state index in [-0.39, 0.29) is 29.4 Å². The van der Waals surface area contributed by atoms with Crippen molar-refractivity contribution in [2.75, 3.05) is 11.9 Å². The Morgan fingerprint density at radius 3 is 2.77 bits per heavy atom. The summed E-state index contributed by atoms with van der Waals surface area (Å²) in [6, 6.07) is 4.82. The van der Waals surface area contributed by atoms with Gasteiger partial charge in [0, 0.05) is 28.8 Å². The van der Waals surface area contributed by atoms with Gasteiger partial charge in [0.2, 0.25) is 0 Å². The molecular weight excluding hydrogens is 490 g/mol. The molecule has 0 spiro atoms. The van der Waals surface area contributed by atoms with Crippen LogP contribution in [0.1, 0.15) is 51.3 Å². The maximum absolute atomic E-state index is 14.9. The quantitative estimate of drug-likeness (QED) is 0.307. The molecule has 1 amide bonds. The second kappa shape index (κ2) is 8.98. The van der Waals surface area contributed by atoms with Crippen LogP contribution in [-0.2, 0) is 4.74 Å². The molecule has 184 valence electrons. The van der Waals surface area contributed by atoms with E-state index in [9.17, 15) is 13.6 Å². The average molecular weight is 517 g/mol. The number of nitrogens with one attached hydrogen (secondary N) is 1. The third kappa shape index (κ3) is 4.69. The van der Waals surface area contributed by atoms with E-state index in [1.165, 1.54) is 28.7 Å². The second-order valence-corrected chi connectivity index (χ2v) is 11.7. The molecule has 0 saturated carbocycles. The molecular formula is C25H26F2N4O2S2. The van der Waals surface area contributed by atoms with E-state index in [0.717, 1.165) is 28.6 Å². The van der Waals surface area contributed by atoms with Gasteiger partial charge >= 0.3 is 6.09 Å². The smallest absolute Gasteiger partial charge is 0.410 e. The molecule has 35 heavy (non-hydrogen) atoms. The Bertz CT molecular complexity index is 1410. The first-order chi connectivity index (χ1) is 16.6. The predicted molar refractivity (Wildman–Crippen MR) is 137 cm³/mol. The van der Waals surface area contributed by atoms with Gasteiger partial charge in [0.15, 0.2) is 5.82 Å². The highest BCUT2D eigenvalue weighted by Crippen LogP contribution is 2.42. The molecule has 0 bridgehead atoms. The van der Waals surface area contributed by atoms with Crippen molar-refractivity contribution in [3.05, 3.63) is 46.4 Å². The number of thiazole rings is 1. The van der Waals surface area contributed by atoms with Crippen LogP contribution in [0.4, 0.5) is 25.0 Å². The maximum atomic E-state index is 14.9. The molecule has 2 unspecified atom stereocenters. The normalized spacial score (nSPS) is 18.9. The lowest BCUT2D eigenvalue weighted by atomic mass is 9.89. The van der Waals surface area contributed by atoms with Crippen LogP contribution in [0, 0.1) is 11.6 Å². The van der Waals surface area contributed by atoms with Crippen LogP contribution in [0.3, 0.4) is 0 Å². The fourth-order valence-corrected chi connectivity index (χ4v) is 6.43. The van der Waals surface area contributed by atoms with E-state index in [0.29, 0.717) is 22.3 Å². The number of anilines is 2. The van der Waals surface area contributed by atoms with Crippen molar-refractivity contribution < 1.29 is 18.3 Å². The molecule has 10 heteroatoms. The minimum Gasteiger partial charge on any atom is -0.444 e. The summed E-state index contributed by atoms with van der Waals surface area (Å²) < 4.78 is 36.0. The van der Waals surface area contributed by atoms with Crippen LogP contribution in [0.5, 0.6) is 0 Å². The van der Waals surface area contributed by atoms with Gasteiger partial charge in [-0.15, -0.1) is 22.7 Å². The molecule has 2 atom stereocenters. The molecule has 0 radical (unpaired) electrons. The number of thiophene rings is 1. The third-order valence-electron chi connectivity index (χ3n) is 6.20. The van der Waals surface area contributed by atoms with E-state index in [4.69, 9.17) is 4.74 Å². The molecule has 1 fully saturated rings. The Balaban J connectivity index is 1.47. The maximum Gasteiger partial charge on any atom is 0.410 e. The number of fused-ring (bicyclic) bond motifs is 2. The Labute approximate surface area is 209 Å². The minimum atomic E-state index is -0.569. The van der Waals surface area contributed by atoms with Gasteiger partial charge in [-0.3, -0.25) is 0 Å². The Morgan fingerprint density at radius 2 is 2.00 bits per heavy atom. The Morgan fingerprint density at radius 1 is 1.20 bits per heavy atom. The number of piperidine rings is 1. The summed E-state index contributed by atoms with van der Waals surface area (Å²) in [7, 11) is 0. The topological polar surface area (TPSA) is 67.4 Å². The summed E-state index contributed by atoms with van der Waals surface area (Å²) >= 11 is 2.82. The first-order valence-electron chi connectivity index (χ1n) is 11.5. The summed E-state index contributed by atoms with van der Waals surface area (Å²) in [6.07, 6.45) is 2.57. The van der Waals surface area contributed by atoms with Gasteiger partial charge in [-0.1, -0.05) is 0 Å². The molecule has 0 aliphatic carbocycles.